The third-order valence-corrected chi connectivity index (χ3v) is 5.56. The van der Waals surface area contributed by atoms with Crippen molar-refractivity contribution in [1.29, 1.82) is 0 Å². The fourth-order valence-corrected chi connectivity index (χ4v) is 4.04. The van der Waals surface area contributed by atoms with Crippen LogP contribution in [-0.2, 0) is 4.79 Å². The number of carboxylic acids is 1. The molecule has 8 nitrogen and oxygen atoms in total. The second kappa shape index (κ2) is 7.98. The number of aromatic nitrogens is 4. The number of pyridine rings is 1. The quantitative estimate of drug-likeness (QED) is 0.715. The van der Waals surface area contributed by atoms with Gasteiger partial charge in [0.25, 0.3) is 5.91 Å². The van der Waals surface area contributed by atoms with Crippen molar-refractivity contribution in [3.63, 3.8) is 0 Å². The van der Waals surface area contributed by atoms with Crippen LogP contribution in [0.3, 0.4) is 0 Å². The lowest BCUT2D eigenvalue weighted by Gasteiger charge is -2.35. The fraction of sp³-hybridized carbons (Fsp3) is 0.381. The maximum Gasteiger partial charge on any atom is 0.303 e. The molecule has 0 spiro atoms. The number of fused-ring (bicyclic) bond motifs is 1. The van der Waals surface area contributed by atoms with Gasteiger partial charge < -0.3 is 10.0 Å². The number of hydrogen-bond donors (Lipinski definition) is 1. The van der Waals surface area contributed by atoms with Crippen molar-refractivity contribution in [1.82, 2.24) is 24.9 Å². The highest BCUT2D eigenvalue weighted by molar-refractivity contribution is 5.94. The van der Waals surface area contributed by atoms with Crippen LogP contribution < -0.4 is 0 Å². The topological polar surface area (TPSA) is 101 Å². The van der Waals surface area contributed by atoms with E-state index in [1.807, 2.05) is 31.2 Å². The van der Waals surface area contributed by atoms with Crippen molar-refractivity contribution in [3.8, 4) is 5.69 Å². The molecule has 0 aliphatic carbocycles. The molecule has 0 radical (unpaired) electrons. The smallest absolute Gasteiger partial charge is 0.303 e. The summed E-state index contributed by atoms with van der Waals surface area (Å²) in [6.45, 7) is 2.46. The highest BCUT2D eigenvalue weighted by atomic mass is 16.4. The molecular weight excluding hydrogens is 370 g/mol. The molecule has 3 aromatic rings. The van der Waals surface area contributed by atoms with Gasteiger partial charge in [0.1, 0.15) is 0 Å². The van der Waals surface area contributed by atoms with Gasteiger partial charge in [0.15, 0.2) is 5.69 Å². The van der Waals surface area contributed by atoms with Crippen LogP contribution >= 0.6 is 0 Å². The summed E-state index contributed by atoms with van der Waals surface area (Å²) in [6.07, 6.45) is 6.78. The molecule has 3 heterocycles. The van der Waals surface area contributed by atoms with Crippen LogP contribution in [0.15, 0.2) is 36.7 Å². The number of carbonyl (C=O) groups excluding carboxylic acids is 1. The van der Waals surface area contributed by atoms with Crippen LogP contribution in [0.4, 0.5) is 0 Å². The largest absolute Gasteiger partial charge is 0.481 e. The first kappa shape index (κ1) is 19.0. The zero-order valence-electron chi connectivity index (χ0n) is 16.3. The second-order valence-electron chi connectivity index (χ2n) is 7.39. The number of hydrogen-bond acceptors (Lipinski definition) is 5. The summed E-state index contributed by atoms with van der Waals surface area (Å²) in [4.78, 5) is 30.1. The number of piperidine rings is 1. The summed E-state index contributed by atoms with van der Waals surface area (Å²) in [6, 6.07) is 7.69. The van der Waals surface area contributed by atoms with Gasteiger partial charge in [0.05, 0.1) is 11.4 Å². The fourth-order valence-electron chi connectivity index (χ4n) is 4.04. The molecule has 1 aromatic carbocycles. The average Bonchev–Trinajstić information content (AvgIpc) is 3.12. The molecule has 1 amide bonds. The van der Waals surface area contributed by atoms with Crippen molar-refractivity contribution in [2.24, 2.45) is 0 Å². The lowest BCUT2D eigenvalue weighted by atomic mass is 9.97. The Bertz CT molecular complexity index is 1060. The minimum atomic E-state index is -0.837. The van der Waals surface area contributed by atoms with Crippen molar-refractivity contribution in [2.45, 2.75) is 45.1 Å². The van der Waals surface area contributed by atoms with E-state index in [-0.39, 0.29) is 18.4 Å². The predicted molar refractivity (Wildman–Crippen MR) is 107 cm³/mol. The summed E-state index contributed by atoms with van der Waals surface area (Å²) in [5.74, 6) is -1.01. The Morgan fingerprint density at radius 1 is 1.24 bits per heavy atom. The number of carbonyl (C=O) groups is 2. The Hall–Kier alpha value is -3.29. The highest BCUT2D eigenvalue weighted by Gasteiger charge is 2.31. The molecule has 1 unspecified atom stereocenters. The van der Waals surface area contributed by atoms with Gasteiger partial charge in [-0.3, -0.25) is 14.6 Å². The van der Waals surface area contributed by atoms with Gasteiger partial charge in [0.2, 0.25) is 0 Å². The maximum absolute atomic E-state index is 13.2. The molecule has 29 heavy (non-hydrogen) atoms. The Morgan fingerprint density at radius 3 is 2.93 bits per heavy atom. The number of aliphatic carboxylic acids is 1. The summed E-state index contributed by atoms with van der Waals surface area (Å²) in [5.41, 5.74) is 1.83. The van der Waals surface area contributed by atoms with Crippen molar-refractivity contribution in [2.75, 3.05) is 6.54 Å². The SMILES string of the molecule is Cc1c(C(=O)N2CCCCC2CCC(=O)O)nnn1-c1cccc2cnccc12. The number of benzene rings is 1. The monoisotopic (exact) mass is 393 g/mol. The summed E-state index contributed by atoms with van der Waals surface area (Å²) in [7, 11) is 0. The molecule has 8 heteroatoms. The van der Waals surface area contributed by atoms with E-state index >= 15 is 0 Å². The maximum atomic E-state index is 13.2. The molecule has 4 rings (SSSR count). The van der Waals surface area contributed by atoms with Crippen LogP contribution in [0.2, 0.25) is 0 Å². The molecule has 1 aliphatic rings. The van der Waals surface area contributed by atoms with Gasteiger partial charge in [-0.2, -0.15) is 0 Å². The first-order chi connectivity index (χ1) is 14.1. The summed E-state index contributed by atoms with van der Waals surface area (Å²) < 4.78 is 1.69. The number of carboxylic acid groups (broad SMARTS) is 1. The van der Waals surface area contributed by atoms with Crippen LogP contribution in [0.25, 0.3) is 16.5 Å². The van der Waals surface area contributed by atoms with Gasteiger partial charge in [-0.1, -0.05) is 17.3 Å². The van der Waals surface area contributed by atoms with E-state index in [0.29, 0.717) is 24.4 Å². The van der Waals surface area contributed by atoms with Crippen LogP contribution in [0.5, 0.6) is 0 Å². The molecule has 1 atom stereocenters. The average molecular weight is 393 g/mol. The van der Waals surface area contributed by atoms with Gasteiger partial charge in [-0.05, 0) is 44.7 Å². The third-order valence-electron chi connectivity index (χ3n) is 5.56. The summed E-state index contributed by atoms with van der Waals surface area (Å²) in [5, 5.41) is 19.4. The minimum absolute atomic E-state index is 0.0597. The highest BCUT2D eigenvalue weighted by Crippen LogP contribution is 2.26. The number of amides is 1. The zero-order valence-corrected chi connectivity index (χ0v) is 16.3. The second-order valence-corrected chi connectivity index (χ2v) is 7.39. The van der Waals surface area contributed by atoms with E-state index in [1.54, 1.807) is 22.0 Å². The molecule has 1 aliphatic heterocycles. The van der Waals surface area contributed by atoms with Crippen LogP contribution in [0.1, 0.15) is 48.3 Å². The Morgan fingerprint density at radius 2 is 2.10 bits per heavy atom. The minimum Gasteiger partial charge on any atom is -0.481 e. The van der Waals surface area contributed by atoms with E-state index in [4.69, 9.17) is 5.11 Å². The van der Waals surface area contributed by atoms with E-state index in [0.717, 1.165) is 35.7 Å². The van der Waals surface area contributed by atoms with Gasteiger partial charge >= 0.3 is 5.97 Å². The molecule has 1 saturated heterocycles. The molecule has 1 fully saturated rings. The van der Waals surface area contributed by atoms with Crippen molar-refractivity contribution in [3.05, 3.63) is 48.0 Å². The molecule has 1 N–H and O–H groups in total. The van der Waals surface area contributed by atoms with Gasteiger partial charge in [-0.15, -0.1) is 5.10 Å². The van der Waals surface area contributed by atoms with Crippen LogP contribution in [0, 0.1) is 6.92 Å². The molecule has 150 valence electrons. The Labute approximate surface area is 168 Å². The number of nitrogens with zero attached hydrogens (tertiary/aromatic N) is 5. The molecule has 0 bridgehead atoms. The lowest BCUT2D eigenvalue weighted by Crippen LogP contribution is -2.44. The van der Waals surface area contributed by atoms with E-state index in [2.05, 4.69) is 15.3 Å². The van der Waals surface area contributed by atoms with E-state index in [9.17, 15) is 9.59 Å². The van der Waals surface area contributed by atoms with E-state index in [1.165, 1.54) is 0 Å². The molecule has 2 aromatic heterocycles. The first-order valence-electron chi connectivity index (χ1n) is 9.84. The van der Waals surface area contributed by atoms with E-state index < -0.39 is 5.97 Å². The third kappa shape index (κ3) is 3.70. The first-order valence-corrected chi connectivity index (χ1v) is 9.84. The Balaban J connectivity index is 1.65. The zero-order chi connectivity index (χ0) is 20.4. The summed E-state index contributed by atoms with van der Waals surface area (Å²) >= 11 is 0. The Kier molecular flexibility index (Phi) is 5.24. The number of rotatable bonds is 5. The standard InChI is InChI=1S/C21H23N5O3/c1-14-20(21(29)25-12-3-2-6-16(25)8-9-19(27)28)23-24-26(14)18-7-4-5-15-13-22-11-10-17(15)18/h4-5,7,10-11,13,16H,2-3,6,8-9,12H2,1H3,(H,27,28). The van der Waals surface area contributed by atoms with Crippen LogP contribution in [-0.4, -0.2) is 54.4 Å². The normalized spacial score (nSPS) is 16.9. The molecular formula is C21H23N5O3. The lowest BCUT2D eigenvalue weighted by molar-refractivity contribution is -0.137. The molecule has 0 saturated carbocycles. The van der Waals surface area contributed by atoms with Gasteiger partial charge in [-0.25, -0.2) is 4.68 Å². The van der Waals surface area contributed by atoms with Crippen molar-refractivity contribution >= 4 is 22.6 Å². The van der Waals surface area contributed by atoms with Crippen molar-refractivity contribution < 1.29 is 14.7 Å². The predicted octanol–water partition coefficient (Wildman–Crippen LogP) is 2.98. The number of likely N-dealkylation sites (tertiary alicyclic amines) is 1. The van der Waals surface area contributed by atoms with Gasteiger partial charge in [0, 0.05) is 42.2 Å².